The topological polar surface area (TPSA) is 111 Å². The van der Waals surface area contributed by atoms with E-state index in [1.807, 2.05) is 24.3 Å². The van der Waals surface area contributed by atoms with Crippen LogP contribution in [0.4, 0.5) is 5.82 Å². The Bertz CT molecular complexity index is 1320. The van der Waals surface area contributed by atoms with Gasteiger partial charge in [0.25, 0.3) is 0 Å². The van der Waals surface area contributed by atoms with Gasteiger partial charge in [-0.1, -0.05) is 12.1 Å². The van der Waals surface area contributed by atoms with Gasteiger partial charge in [-0.3, -0.25) is 4.57 Å². The molecule has 9 heteroatoms. The van der Waals surface area contributed by atoms with Gasteiger partial charge in [0, 0.05) is 24.8 Å². The molecule has 1 saturated heterocycles. The van der Waals surface area contributed by atoms with Gasteiger partial charge in [-0.25, -0.2) is 14.8 Å². The summed E-state index contributed by atoms with van der Waals surface area (Å²) in [4.78, 5) is 22.7. The monoisotopic (exact) mass is 448 g/mol. The van der Waals surface area contributed by atoms with Crippen LogP contribution >= 0.6 is 0 Å². The number of anilines is 1. The first-order chi connectivity index (χ1) is 16.1. The zero-order chi connectivity index (χ0) is 22.9. The van der Waals surface area contributed by atoms with E-state index in [2.05, 4.69) is 0 Å². The molecule has 33 heavy (non-hydrogen) atoms. The Balaban J connectivity index is 1.69. The number of rotatable bonds is 6. The van der Waals surface area contributed by atoms with Gasteiger partial charge in [0.15, 0.2) is 5.65 Å². The molecule has 1 fully saturated rings. The minimum absolute atomic E-state index is 0.0990. The summed E-state index contributed by atoms with van der Waals surface area (Å²) in [6, 6.07) is 12.8. The van der Waals surface area contributed by atoms with Gasteiger partial charge in [-0.05, 0) is 25.0 Å². The second-order valence-corrected chi connectivity index (χ2v) is 7.78. The Morgan fingerprint density at radius 3 is 2.45 bits per heavy atom. The van der Waals surface area contributed by atoms with Crippen LogP contribution in [0.3, 0.4) is 0 Å². The van der Waals surface area contributed by atoms with Crippen LogP contribution in [0.5, 0.6) is 11.5 Å². The van der Waals surface area contributed by atoms with Crippen LogP contribution in [0.1, 0.15) is 23.2 Å². The number of hydrogen-bond donors (Lipinski definition) is 1. The number of carbonyl (C=O) groups excluding carboxylic acids is 1. The van der Waals surface area contributed by atoms with Gasteiger partial charge in [-0.15, -0.1) is 0 Å². The van der Waals surface area contributed by atoms with Gasteiger partial charge < -0.3 is 24.7 Å². The summed E-state index contributed by atoms with van der Waals surface area (Å²) in [6.07, 6.45) is 1.72. The van der Waals surface area contributed by atoms with Crippen molar-refractivity contribution in [2.45, 2.75) is 18.9 Å². The van der Waals surface area contributed by atoms with Gasteiger partial charge in [-0.2, -0.15) is 0 Å². The molecule has 0 bridgehead atoms. The number of carbonyl (C=O) groups is 1. The Morgan fingerprint density at radius 1 is 1.12 bits per heavy atom. The van der Waals surface area contributed by atoms with Crippen LogP contribution in [-0.2, 0) is 9.47 Å². The number of benzene rings is 2. The molecule has 9 nitrogen and oxygen atoms in total. The summed E-state index contributed by atoms with van der Waals surface area (Å²) >= 11 is 0. The number of fused-ring (bicyclic) bond motifs is 2. The van der Waals surface area contributed by atoms with E-state index in [1.54, 1.807) is 37.0 Å². The number of methoxy groups -OCH3 is 2. The predicted molar refractivity (Wildman–Crippen MR) is 123 cm³/mol. The predicted octanol–water partition coefficient (Wildman–Crippen LogP) is 3.51. The number of nitrogens with zero attached hydrogens (tertiary/aromatic N) is 3. The fraction of sp³-hybridized carbons (Fsp3) is 0.292. The third kappa shape index (κ3) is 3.80. The molecule has 2 aromatic carbocycles. The largest absolute Gasteiger partial charge is 0.497 e. The summed E-state index contributed by atoms with van der Waals surface area (Å²) in [5.74, 6) is 0.753. The highest BCUT2D eigenvalue weighted by molar-refractivity contribution is 6.09. The molecule has 5 rings (SSSR count). The van der Waals surface area contributed by atoms with Crippen LogP contribution in [0.2, 0.25) is 0 Å². The van der Waals surface area contributed by atoms with E-state index in [-0.39, 0.29) is 24.1 Å². The molecule has 0 spiro atoms. The van der Waals surface area contributed by atoms with Gasteiger partial charge >= 0.3 is 5.97 Å². The SMILES string of the molecule is COc1cc(OC)cc(-n2c(N)c(C(=O)OCC3CCCO3)c3nc4ccccc4nc32)c1. The minimum atomic E-state index is -0.564. The molecule has 2 N–H and O–H groups in total. The number of hydrogen-bond acceptors (Lipinski definition) is 8. The summed E-state index contributed by atoms with van der Waals surface area (Å²) < 4.78 is 23.6. The normalized spacial score (nSPS) is 15.8. The van der Waals surface area contributed by atoms with E-state index in [0.29, 0.717) is 46.0 Å². The summed E-state index contributed by atoms with van der Waals surface area (Å²) in [5, 5.41) is 0. The molecule has 0 amide bonds. The van der Waals surface area contributed by atoms with E-state index >= 15 is 0 Å². The lowest BCUT2D eigenvalue weighted by molar-refractivity contribution is 0.0163. The Hall–Kier alpha value is -3.85. The number of esters is 1. The van der Waals surface area contributed by atoms with Crippen molar-refractivity contribution in [2.24, 2.45) is 0 Å². The lowest BCUT2D eigenvalue weighted by Gasteiger charge is -2.12. The van der Waals surface area contributed by atoms with E-state index in [1.165, 1.54) is 0 Å². The maximum Gasteiger partial charge on any atom is 0.344 e. The van der Waals surface area contributed by atoms with Crippen molar-refractivity contribution in [1.29, 1.82) is 0 Å². The smallest absolute Gasteiger partial charge is 0.344 e. The van der Waals surface area contributed by atoms with Gasteiger partial charge in [0.1, 0.15) is 35.0 Å². The zero-order valence-electron chi connectivity index (χ0n) is 18.4. The summed E-state index contributed by atoms with van der Waals surface area (Å²) in [6.45, 7) is 0.845. The third-order valence-electron chi connectivity index (χ3n) is 5.72. The third-order valence-corrected chi connectivity index (χ3v) is 5.72. The molecular formula is C24H24N4O5. The van der Waals surface area contributed by atoms with Crippen LogP contribution in [0.25, 0.3) is 27.9 Å². The Kier molecular flexibility index (Phi) is 5.47. The van der Waals surface area contributed by atoms with Crippen molar-refractivity contribution >= 4 is 34.0 Å². The van der Waals surface area contributed by atoms with E-state index in [0.717, 1.165) is 12.8 Å². The molecule has 2 aromatic heterocycles. The fourth-order valence-corrected chi connectivity index (χ4v) is 4.06. The van der Waals surface area contributed by atoms with Crippen LogP contribution in [0, 0.1) is 0 Å². The summed E-state index contributed by atoms with van der Waals surface area (Å²) in [5.41, 5.74) is 9.47. The van der Waals surface area contributed by atoms with Crippen molar-refractivity contribution in [3.05, 3.63) is 48.0 Å². The number of ether oxygens (including phenoxy) is 4. The summed E-state index contributed by atoms with van der Waals surface area (Å²) in [7, 11) is 3.13. The van der Waals surface area contributed by atoms with E-state index < -0.39 is 5.97 Å². The molecule has 1 aliphatic rings. The molecule has 1 atom stereocenters. The van der Waals surface area contributed by atoms with Gasteiger partial charge in [0.2, 0.25) is 0 Å². The molecule has 1 aliphatic heterocycles. The Morgan fingerprint density at radius 2 is 1.82 bits per heavy atom. The molecule has 0 aliphatic carbocycles. The highest BCUT2D eigenvalue weighted by Gasteiger charge is 2.27. The van der Waals surface area contributed by atoms with Crippen molar-refractivity contribution < 1.29 is 23.7 Å². The molecule has 0 saturated carbocycles. The van der Waals surface area contributed by atoms with E-state index in [4.69, 9.17) is 34.6 Å². The number of para-hydroxylation sites is 2. The first-order valence-corrected chi connectivity index (χ1v) is 10.7. The van der Waals surface area contributed by atoms with Crippen molar-refractivity contribution in [1.82, 2.24) is 14.5 Å². The first kappa shape index (κ1) is 21.0. The number of nitrogen functional groups attached to an aromatic ring is 1. The molecule has 0 radical (unpaired) electrons. The highest BCUT2D eigenvalue weighted by Crippen LogP contribution is 2.34. The molecule has 3 heterocycles. The molecule has 4 aromatic rings. The number of nitrogens with two attached hydrogens (primary N) is 1. The zero-order valence-corrected chi connectivity index (χ0v) is 18.4. The standard InChI is InChI=1S/C24H24N4O5/c1-30-16-10-14(11-17(12-16)31-2)28-22(25)20(24(29)33-13-15-6-5-9-32-15)21-23(28)27-19-8-4-3-7-18(19)26-21/h3-4,7-8,10-12,15H,5-6,9,13,25H2,1-2H3. The second kappa shape index (κ2) is 8.59. The first-order valence-electron chi connectivity index (χ1n) is 10.7. The second-order valence-electron chi connectivity index (χ2n) is 7.78. The van der Waals surface area contributed by atoms with Crippen LogP contribution < -0.4 is 15.2 Å². The Labute approximate surface area is 190 Å². The lowest BCUT2D eigenvalue weighted by Crippen LogP contribution is -2.18. The van der Waals surface area contributed by atoms with Crippen LogP contribution in [0.15, 0.2) is 42.5 Å². The van der Waals surface area contributed by atoms with Crippen molar-refractivity contribution in [2.75, 3.05) is 33.2 Å². The van der Waals surface area contributed by atoms with Gasteiger partial charge in [0.05, 0.1) is 37.0 Å². The average Bonchev–Trinajstić information content (AvgIpc) is 3.46. The van der Waals surface area contributed by atoms with Crippen LogP contribution in [-0.4, -0.2) is 54.0 Å². The molecular weight excluding hydrogens is 424 g/mol. The highest BCUT2D eigenvalue weighted by atomic mass is 16.6. The number of aromatic nitrogens is 3. The van der Waals surface area contributed by atoms with Crippen molar-refractivity contribution in [3.63, 3.8) is 0 Å². The van der Waals surface area contributed by atoms with Crippen molar-refractivity contribution in [3.8, 4) is 17.2 Å². The quantitative estimate of drug-likeness (QED) is 0.446. The fourth-order valence-electron chi connectivity index (χ4n) is 4.06. The average molecular weight is 448 g/mol. The minimum Gasteiger partial charge on any atom is -0.497 e. The molecule has 170 valence electrons. The maximum atomic E-state index is 13.2. The van der Waals surface area contributed by atoms with E-state index in [9.17, 15) is 4.79 Å². The maximum absolute atomic E-state index is 13.2. The lowest BCUT2D eigenvalue weighted by atomic mass is 10.2. The molecule has 1 unspecified atom stereocenters.